The van der Waals surface area contributed by atoms with Crippen molar-refractivity contribution in [3.05, 3.63) is 117 Å². The van der Waals surface area contributed by atoms with Gasteiger partial charge in [-0.3, -0.25) is 14.6 Å². The third kappa shape index (κ3) is 4.42. The van der Waals surface area contributed by atoms with E-state index in [2.05, 4.69) is 10.3 Å². The average molecular weight is 430 g/mol. The lowest BCUT2D eigenvalue weighted by molar-refractivity contribution is 0.102. The van der Waals surface area contributed by atoms with E-state index in [9.17, 15) is 9.59 Å². The van der Waals surface area contributed by atoms with Crippen LogP contribution in [0.5, 0.6) is 0 Å². The molecule has 0 fully saturated rings. The van der Waals surface area contributed by atoms with Gasteiger partial charge in [-0.05, 0) is 36.8 Å². The summed E-state index contributed by atoms with van der Waals surface area (Å²) in [7, 11) is 0. The molecule has 0 aliphatic carbocycles. The minimum atomic E-state index is -0.481. The Morgan fingerprint density at radius 1 is 1.03 bits per heavy atom. The molecule has 31 heavy (non-hydrogen) atoms. The first-order valence-corrected chi connectivity index (χ1v) is 10.2. The SMILES string of the molecule is Cc1cc(=O)c(C(=O)Nc2ccccc2)c(-c2ccccc2Cl)n1Cc1cccnc1. The molecule has 4 rings (SSSR count). The Labute approximate surface area is 185 Å². The number of para-hydroxylation sites is 1. The molecular weight excluding hydrogens is 410 g/mol. The summed E-state index contributed by atoms with van der Waals surface area (Å²) in [5.74, 6) is -0.481. The Balaban J connectivity index is 1.93. The highest BCUT2D eigenvalue weighted by molar-refractivity contribution is 6.33. The van der Waals surface area contributed by atoms with Crippen molar-refractivity contribution in [2.45, 2.75) is 13.5 Å². The molecule has 6 heteroatoms. The number of nitrogens with zero attached hydrogens (tertiary/aromatic N) is 2. The minimum Gasteiger partial charge on any atom is -0.339 e. The number of carbonyl (C=O) groups excluding carboxylic acids is 1. The Bertz CT molecular complexity index is 1290. The van der Waals surface area contributed by atoms with E-state index < -0.39 is 5.91 Å². The van der Waals surface area contributed by atoms with Crippen LogP contribution >= 0.6 is 11.6 Å². The second kappa shape index (κ2) is 8.98. The zero-order chi connectivity index (χ0) is 21.8. The van der Waals surface area contributed by atoms with Crippen LogP contribution in [0.4, 0.5) is 5.69 Å². The molecule has 0 saturated heterocycles. The van der Waals surface area contributed by atoms with Crippen LogP contribution in [0.25, 0.3) is 11.3 Å². The molecule has 154 valence electrons. The summed E-state index contributed by atoms with van der Waals surface area (Å²) in [5, 5.41) is 3.29. The van der Waals surface area contributed by atoms with Gasteiger partial charge < -0.3 is 9.88 Å². The standard InChI is InChI=1S/C25H20ClN3O2/c1-17-14-22(30)23(25(31)28-19-9-3-2-4-10-19)24(20-11-5-6-12-21(20)26)29(17)16-18-8-7-13-27-15-18/h2-15H,16H2,1H3,(H,28,31). The van der Waals surface area contributed by atoms with Crippen LogP contribution in [-0.2, 0) is 6.54 Å². The molecule has 0 spiro atoms. The number of rotatable bonds is 5. The van der Waals surface area contributed by atoms with Crippen LogP contribution in [-0.4, -0.2) is 15.5 Å². The molecule has 4 aromatic rings. The number of nitrogens with one attached hydrogen (secondary N) is 1. The molecule has 0 atom stereocenters. The lowest BCUT2D eigenvalue weighted by atomic mass is 10.0. The number of anilines is 1. The van der Waals surface area contributed by atoms with Gasteiger partial charge in [-0.15, -0.1) is 0 Å². The lowest BCUT2D eigenvalue weighted by Crippen LogP contribution is -2.27. The molecule has 0 unspecified atom stereocenters. The van der Waals surface area contributed by atoms with E-state index in [4.69, 9.17) is 11.6 Å². The fourth-order valence-corrected chi connectivity index (χ4v) is 3.74. The van der Waals surface area contributed by atoms with E-state index in [0.29, 0.717) is 28.5 Å². The molecule has 0 bridgehead atoms. The Morgan fingerprint density at radius 3 is 2.48 bits per heavy atom. The fourth-order valence-electron chi connectivity index (χ4n) is 3.51. The van der Waals surface area contributed by atoms with E-state index in [-0.39, 0.29) is 11.0 Å². The van der Waals surface area contributed by atoms with E-state index in [1.807, 2.05) is 60.0 Å². The number of aryl methyl sites for hydroxylation is 1. The zero-order valence-corrected chi connectivity index (χ0v) is 17.6. The minimum absolute atomic E-state index is 0.0476. The maximum absolute atomic E-state index is 13.3. The number of halogens is 1. The summed E-state index contributed by atoms with van der Waals surface area (Å²) in [6, 6.07) is 21.5. The van der Waals surface area contributed by atoms with Gasteiger partial charge in [0.2, 0.25) is 0 Å². The monoisotopic (exact) mass is 429 g/mol. The molecule has 5 nitrogen and oxygen atoms in total. The summed E-state index contributed by atoms with van der Waals surface area (Å²) >= 11 is 6.52. The molecule has 0 saturated carbocycles. The smallest absolute Gasteiger partial charge is 0.261 e. The van der Waals surface area contributed by atoms with E-state index in [1.165, 1.54) is 6.07 Å². The zero-order valence-electron chi connectivity index (χ0n) is 16.9. The van der Waals surface area contributed by atoms with E-state index >= 15 is 0 Å². The van der Waals surface area contributed by atoms with E-state index in [1.54, 1.807) is 30.6 Å². The predicted octanol–water partition coefficient (Wildman–Crippen LogP) is 5.17. The third-order valence-corrected chi connectivity index (χ3v) is 5.30. The van der Waals surface area contributed by atoms with Crippen molar-refractivity contribution in [3.63, 3.8) is 0 Å². The number of aromatic nitrogens is 2. The second-order valence-electron chi connectivity index (χ2n) is 7.12. The maximum Gasteiger partial charge on any atom is 0.261 e. The van der Waals surface area contributed by atoms with Gasteiger partial charge in [0, 0.05) is 47.0 Å². The molecule has 2 heterocycles. The molecule has 2 aromatic carbocycles. The largest absolute Gasteiger partial charge is 0.339 e. The first-order valence-electron chi connectivity index (χ1n) is 9.79. The molecule has 0 radical (unpaired) electrons. The second-order valence-corrected chi connectivity index (χ2v) is 7.53. The van der Waals surface area contributed by atoms with Crippen molar-refractivity contribution in [1.82, 2.24) is 9.55 Å². The number of hydrogen-bond donors (Lipinski definition) is 1. The number of amides is 1. The molecule has 0 aliphatic heterocycles. The Morgan fingerprint density at radius 2 is 1.77 bits per heavy atom. The first-order chi connectivity index (χ1) is 15.0. The van der Waals surface area contributed by atoms with Gasteiger partial charge in [0.15, 0.2) is 5.43 Å². The molecule has 1 amide bonds. The highest BCUT2D eigenvalue weighted by Crippen LogP contribution is 2.31. The number of pyridine rings is 2. The van der Waals surface area contributed by atoms with Crippen LogP contribution in [0.15, 0.2) is 90.0 Å². The third-order valence-electron chi connectivity index (χ3n) is 4.97. The normalized spacial score (nSPS) is 10.6. The molecule has 1 N–H and O–H groups in total. The van der Waals surface area contributed by atoms with Gasteiger partial charge in [-0.1, -0.05) is 54.1 Å². The van der Waals surface area contributed by atoms with Crippen molar-refractivity contribution in [3.8, 4) is 11.3 Å². The summed E-state index contributed by atoms with van der Waals surface area (Å²) in [4.78, 5) is 30.5. The number of carbonyl (C=O) groups is 1. The predicted molar refractivity (Wildman–Crippen MR) is 124 cm³/mol. The van der Waals surface area contributed by atoms with Gasteiger partial charge in [0.1, 0.15) is 5.56 Å². The van der Waals surface area contributed by atoms with Gasteiger partial charge >= 0.3 is 0 Å². The maximum atomic E-state index is 13.3. The summed E-state index contributed by atoms with van der Waals surface area (Å²) < 4.78 is 1.93. The van der Waals surface area contributed by atoms with Crippen LogP contribution in [0.1, 0.15) is 21.6 Å². The van der Waals surface area contributed by atoms with Crippen LogP contribution in [0.3, 0.4) is 0 Å². The van der Waals surface area contributed by atoms with Crippen molar-refractivity contribution in [2.24, 2.45) is 0 Å². The summed E-state index contributed by atoms with van der Waals surface area (Å²) in [5.41, 5.74) is 3.06. The Kier molecular flexibility index (Phi) is 5.96. The van der Waals surface area contributed by atoms with Gasteiger partial charge in [-0.25, -0.2) is 0 Å². The van der Waals surface area contributed by atoms with E-state index in [0.717, 1.165) is 11.3 Å². The Hall–Kier alpha value is -3.70. The highest BCUT2D eigenvalue weighted by Gasteiger charge is 2.23. The van der Waals surface area contributed by atoms with Gasteiger partial charge in [0.05, 0.1) is 5.69 Å². The first kappa shape index (κ1) is 20.6. The topological polar surface area (TPSA) is 64.0 Å². The van der Waals surface area contributed by atoms with Crippen molar-refractivity contribution in [1.29, 1.82) is 0 Å². The van der Waals surface area contributed by atoms with Crippen molar-refractivity contribution >= 4 is 23.2 Å². The van der Waals surface area contributed by atoms with Crippen molar-refractivity contribution in [2.75, 3.05) is 5.32 Å². The molecule has 2 aromatic heterocycles. The van der Waals surface area contributed by atoms with Crippen LogP contribution < -0.4 is 10.7 Å². The highest BCUT2D eigenvalue weighted by atomic mass is 35.5. The number of hydrogen-bond acceptors (Lipinski definition) is 3. The quantitative estimate of drug-likeness (QED) is 0.475. The van der Waals surface area contributed by atoms with Crippen LogP contribution in [0.2, 0.25) is 5.02 Å². The fraction of sp³-hybridized carbons (Fsp3) is 0.0800. The summed E-state index contributed by atoms with van der Waals surface area (Å²) in [6.45, 7) is 2.28. The van der Waals surface area contributed by atoms with Crippen molar-refractivity contribution < 1.29 is 4.79 Å². The van der Waals surface area contributed by atoms with Gasteiger partial charge in [0.25, 0.3) is 5.91 Å². The van der Waals surface area contributed by atoms with Gasteiger partial charge in [-0.2, -0.15) is 0 Å². The number of benzene rings is 2. The van der Waals surface area contributed by atoms with Crippen LogP contribution in [0, 0.1) is 6.92 Å². The lowest BCUT2D eigenvalue weighted by Gasteiger charge is -2.21. The summed E-state index contributed by atoms with van der Waals surface area (Å²) in [6.07, 6.45) is 3.47. The molecular formula is C25H20ClN3O2. The average Bonchev–Trinajstić information content (AvgIpc) is 2.77. The molecule has 0 aliphatic rings.